The topological polar surface area (TPSA) is 30.5 Å². The molecule has 0 spiro atoms. The number of hydrogen-bond acceptors (Lipinski definition) is 3. The third kappa shape index (κ3) is 3.24. The van der Waals surface area contributed by atoms with Crippen LogP contribution in [-0.2, 0) is 4.74 Å². The summed E-state index contributed by atoms with van der Waals surface area (Å²) >= 11 is 0. The molecule has 1 aromatic carbocycles. The number of rotatable bonds is 5. The third-order valence-electron chi connectivity index (χ3n) is 3.57. The molecule has 2 unspecified atom stereocenters. The van der Waals surface area contributed by atoms with E-state index >= 15 is 0 Å². The van der Waals surface area contributed by atoms with Crippen LogP contribution < -0.4 is 10.1 Å². The van der Waals surface area contributed by atoms with Crippen LogP contribution in [0.3, 0.4) is 0 Å². The van der Waals surface area contributed by atoms with Crippen LogP contribution in [0.1, 0.15) is 31.4 Å². The lowest BCUT2D eigenvalue weighted by atomic mass is 9.87. The van der Waals surface area contributed by atoms with Crippen LogP contribution in [-0.4, -0.2) is 26.9 Å². The summed E-state index contributed by atoms with van der Waals surface area (Å²) in [5, 5.41) is 3.60. The Morgan fingerprint density at radius 1 is 1.28 bits per heavy atom. The van der Waals surface area contributed by atoms with Crippen molar-refractivity contribution >= 4 is 0 Å². The van der Waals surface area contributed by atoms with Crippen LogP contribution in [0.15, 0.2) is 24.3 Å². The number of hydrogen-bond donors (Lipinski definition) is 1. The van der Waals surface area contributed by atoms with Crippen LogP contribution in [0.25, 0.3) is 0 Å². The Hall–Kier alpha value is -1.06. The van der Waals surface area contributed by atoms with Crippen LogP contribution in [0.4, 0.5) is 0 Å². The van der Waals surface area contributed by atoms with Gasteiger partial charge in [-0.25, -0.2) is 0 Å². The van der Waals surface area contributed by atoms with E-state index in [0.29, 0.717) is 25.2 Å². The zero-order valence-corrected chi connectivity index (χ0v) is 11.3. The Morgan fingerprint density at radius 2 is 2.11 bits per heavy atom. The molecule has 2 rings (SSSR count). The quantitative estimate of drug-likeness (QED) is 0.814. The summed E-state index contributed by atoms with van der Waals surface area (Å²) in [7, 11) is 1.69. The molecule has 0 aromatic heterocycles. The van der Waals surface area contributed by atoms with E-state index in [1.807, 2.05) is 12.1 Å². The van der Waals surface area contributed by atoms with Crippen molar-refractivity contribution in [1.29, 1.82) is 0 Å². The van der Waals surface area contributed by atoms with Gasteiger partial charge in [-0.15, -0.1) is 0 Å². The molecule has 0 radical (unpaired) electrons. The zero-order valence-electron chi connectivity index (χ0n) is 11.3. The summed E-state index contributed by atoms with van der Waals surface area (Å²) in [6.45, 7) is 4.64. The van der Waals surface area contributed by atoms with E-state index in [0.717, 1.165) is 12.3 Å². The molecule has 1 aliphatic rings. The summed E-state index contributed by atoms with van der Waals surface area (Å²) < 4.78 is 10.8. The predicted octanol–water partition coefficient (Wildman–Crippen LogP) is 2.77. The smallest absolute Gasteiger partial charge is 0.124 e. The lowest BCUT2D eigenvalue weighted by Crippen LogP contribution is -2.33. The number of benzene rings is 1. The van der Waals surface area contributed by atoms with Gasteiger partial charge in [0.1, 0.15) is 12.4 Å². The highest BCUT2D eigenvalue weighted by Gasteiger charge is 2.24. The van der Waals surface area contributed by atoms with Gasteiger partial charge in [0.25, 0.3) is 0 Å². The van der Waals surface area contributed by atoms with Crippen LogP contribution in [0.2, 0.25) is 0 Å². The second kappa shape index (κ2) is 6.76. The van der Waals surface area contributed by atoms with Gasteiger partial charge in [-0.3, -0.25) is 0 Å². The van der Waals surface area contributed by atoms with Gasteiger partial charge in [0.2, 0.25) is 0 Å². The number of para-hydroxylation sites is 1. The molecule has 0 saturated carbocycles. The molecule has 18 heavy (non-hydrogen) atoms. The minimum atomic E-state index is 0.414. The molecule has 1 aliphatic heterocycles. The number of methoxy groups -OCH3 is 1. The van der Waals surface area contributed by atoms with Crippen molar-refractivity contribution < 1.29 is 9.47 Å². The van der Waals surface area contributed by atoms with E-state index in [1.54, 1.807) is 7.11 Å². The highest BCUT2D eigenvalue weighted by Crippen LogP contribution is 2.34. The van der Waals surface area contributed by atoms with Crippen molar-refractivity contribution in [2.24, 2.45) is 5.92 Å². The average Bonchev–Trinajstić information content (AvgIpc) is 2.40. The Kier molecular flexibility index (Phi) is 5.02. The predicted molar refractivity (Wildman–Crippen MR) is 73.0 cm³/mol. The molecule has 1 heterocycles. The first-order valence-corrected chi connectivity index (χ1v) is 6.77. The zero-order chi connectivity index (χ0) is 12.8. The average molecular weight is 249 g/mol. The molecule has 100 valence electrons. The van der Waals surface area contributed by atoms with Gasteiger partial charge in [-0.1, -0.05) is 25.1 Å². The Balaban J connectivity index is 2.10. The Labute approximate surface area is 109 Å². The minimum absolute atomic E-state index is 0.414. The van der Waals surface area contributed by atoms with Gasteiger partial charge >= 0.3 is 0 Å². The second-order valence-electron chi connectivity index (χ2n) is 4.93. The molecule has 1 fully saturated rings. The number of nitrogens with one attached hydrogen (secondary N) is 1. The molecule has 2 atom stereocenters. The summed E-state index contributed by atoms with van der Waals surface area (Å²) in [6, 6.07) is 8.74. The van der Waals surface area contributed by atoms with Gasteiger partial charge in [-0.05, 0) is 31.4 Å². The first kappa shape index (κ1) is 13.4. The summed E-state index contributed by atoms with van der Waals surface area (Å²) in [5.74, 6) is 1.65. The monoisotopic (exact) mass is 249 g/mol. The van der Waals surface area contributed by atoms with Gasteiger partial charge in [0, 0.05) is 18.7 Å². The van der Waals surface area contributed by atoms with Crippen molar-refractivity contribution in [2.75, 3.05) is 26.9 Å². The lowest BCUT2D eigenvalue weighted by Gasteiger charge is -2.31. The fourth-order valence-corrected chi connectivity index (χ4v) is 2.57. The maximum absolute atomic E-state index is 5.81. The van der Waals surface area contributed by atoms with E-state index in [9.17, 15) is 0 Å². The van der Waals surface area contributed by atoms with E-state index in [4.69, 9.17) is 9.47 Å². The first-order valence-electron chi connectivity index (χ1n) is 6.77. The van der Waals surface area contributed by atoms with Crippen molar-refractivity contribution in [3.05, 3.63) is 29.8 Å². The number of piperidine rings is 1. The van der Waals surface area contributed by atoms with Gasteiger partial charge < -0.3 is 14.8 Å². The largest absolute Gasteiger partial charge is 0.491 e. The van der Waals surface area contributed by atoms with Crippen molar-refractivity contribution in [2.45, 2.75) is 25.8 Å². The van der Waals surface area contributed by atoms with Crippen molar-refractivity contribution in [1.82, 2.24) is 5.32 Å². The van der Waals surface area contributed by atoms with E-state index in [2.05, 4.69) is 24.4 Å². The van der Waals surface area contributed by atoms with Gasteiger partial charge in [0.05, 0.1) is 6.61 Å². The van der Waals surface area contributed by atoms with Crippen LogP contribution in [0, 0.1) is 5.92 Å². The Morgan fingerprint density at radius 3 is 2.89 bits per heavy atom. The summed E-state index contributed by atoms with van der Waals surface area (Å²) in [5.41, 5.74) is 1.28. The molecule has 0 bridgehead atoms. The maximum Gasteiger partial charge on any atom is 0.124 e. The highest BCUT2D eigenvalue weighted by atomic mass is 16.5. The fraction of sp³-hybridized carbons (Fsp3) is 0.600. The molecule has 3 nitrogen and oxygen atoms in total. The molecular weight excluding hydrogens is 226 g/mol. The summed E-state index contributed by atoms with van der Waals surface area (Å²) in [6.07, 6.45) is 2.55. The van der Waals surface area contributed by atoms with Crippen molar-refractivity contribution in [3.63, 3.8) is 0 Å². The van der Waals surface area contributed by atoms with E-state index < -0.39 is 0 Å². The molecule has 3 heteroatoms. The van der Waals surface area contributed by atoms with Gasteiger partial charge in [-0.2, -0.15) is 0 Å². The molecule has 0 aliphatic carbocycles. The molecule has 1 saturated heterocycles. The first-order chi connectivity index (χ1) is 8.83. The van der Waals surface area contributed by atoms with E-state index in [1.165, 1.54) is 18.4 Å². The van der Waals surface area contributed by atoms with Gasteiger partial charge in [0.15, 0.2) is 0 Å². The minimum Gasteiger partial charge on any atom is -0.491 e. The molecular formula is C15H23NO2. The SMILES string of the molecule is COCCOc1ccccc1C1NCCCC1C. The van der Waals surface area contributed by atoms with E-state index in [-0.39, 0.29) is 0 Å². The normalized spacial score (nSPS) is 23.9. The lowest BCUT2D eigenvalue weighted by molar-refractivity contribution is 0.144. The second-order valence-corrected chi connectivity index (χ2v) is 4.93. The fourth-order valence-electron chi connectivity index (χ4n) is 2.57. The number of ether oxygens (including phenoxy) is 2. The van der Waals surface area contributed by atoms with Crippen LogP contribution in [0.5, 0.6) is 5.75 Å². The van der Waals surface area contributed by atoms with Crippen molar-refractivity contribution in [3.8, 4) is 5.75 Å². The molecule has 1 N–H and O–H groups in total. The standard InChI is InChI=1S/C15H23NO2/c1-12-6-5-9-16-15(12)13-7-3-4-8-14(13)18-11-10-17-2/h3-4,7-8,12,15-16H,5-6,9-11H2,1-2H3. The third-order valence-corrected chi connectivity index (χ3v) is 3.57. The van der Waals surface area contributed by atoms with Crippen LogP contribution >= 0.6 is 0 Å². The highest BCUT2D eigenvalue weighted by molar-refractivity contribution is 5.36. The maximum atomic E-state index is 5.81. The molecule has 1 aromatic rings. The summed E-state index contributed by atoms with van der Waals surface area (Å²) in [4.78, 5) is 0. The Bertz CT molecular complexity index is 367. The molecule has 0 amide bonds.